The molecule has 0 aliphatic heterocycles. The van der Waals surface area contributed by atoms with Gasteiger partial charge in [-0.2, -0.15) is 0 Å². The zero-order valence-corrected chi connectivity index (χ0v) is 13.6. The highest BCUT2D eigenvalue weighted by atomic mass is 19.2. The number of rotatable bonds is 7. The molecule has 3 N–H and O–H groups in total. The Morgan fingerprint density at radius 2 is 1.88 bits per heavy atom. The maximum Gasteiger partial charge on any atom is 0.240 e. The lowest BCUT2D eigenvalue weighted by Crippen LogP contribution is -2.46. The van der Waals surface area contributed by atoms with Crippen LogP contribution < -0.4 is 15.8 Å². The molecule has 132 valence electrons. The van der Waals surface area contributed by atoms with E-state index in [0.717, 1.165) is 17.7 Å². The number of nitrogens with two attached hydrogens (primary N) is 1. The highest BCUT2D eigenvalue weighted by Crippen LogP contribution is 2.14. The third-order valence-electron chi connectivity index (χ3n) is 3.60. The number of methoxy groups -OCH3 is 1. The second kappa shape index (κ2) is 8.23. The predicted molar refractivity (Wildman–Crippen MR) is 87.9 cm³/mol. The van der Waals surface area contributed by atoms with E-state index in [1.807, 2.05) is 0 Å². The first kappa shape index (κ1) is 18.4. The molecule has 0 radical (unpaired) electrons. The van der Waals surface area contributed by atoms with Gasteiger partial charge in [0, 0.05) is 6.42 Å². The Kier molecular flexibility index (Phi) is 6.05. The Labute approximate surface area is 143 Å². The molecule has 0 fully saturated rings. The summed E-state index contributed by atoms with van der Waals surface area (Å²) in [6, 6.07) is 9.29. The lowest BCUT2D eigenvalue weighted by molar-refractivity contribution is -0.127. The van der Waals surface area contributed by atoms with Gasteiger partial charge < -0.3 is 15.8 Å². The summed E-state index contributed by atoms with van der Waals surface area (Å²) in [7, 11) is 1.52. The molecule has 0 unspecified atom stereocenters. The number of halogens is 2. The summed E-state index contributed by atoms with van der Waals surface area (Å²) in [6.07, 6.45) is -0.00482. The topological polar surface area (TPSA) is 81.4 Å². The molecule has 5 nitrogen and oxygen atoms in total. The minimum Gasteiger partial charge on any atom is -0.497 e. The minimum atomic E-state index is -1.03. The summed E-state index contributed by atoms with van der Waals surface area (Å²) in [5, 5.41) is 2.51. The zero-order chi connectivity index (χ0) is 18.4. The van der Waals surface area contributed by atoms with Crippen molar-refractivity contribution >= 4 is 11.8 Å². The largest absolute Gasteiger partial charge is 0.497 e. The van der Waals surface area contributed by atoms with Gasteiger partial charge in [-0.3, -0.25) is 9.59 Å². The second-order valence-electron chi connectivity index (χ2n) is 5.50. The van der Waals surface area contributed by atoms with Crippen LogP contribution in [-0.4, -0.2) is 25.0 Å². The molecule has 0 aromatic heterocycles. The smallest absolute Gasteiger partial charge is 0.240 e. The van der Waals surface area contributed by atoms with Gasteiger partial charge in [0.2, 0.25) is 11.8 Å². The SMILES string of the molecule is COc1cccc(C[C@H](NC(=O)Cc2ccc(F)c(F)c2)C(N)=O)c1. The average Bonchev–Trinajstić information content (AvgIpc) is 2.57. The van der Waals surface area contributed by atoms with Crippen LogP contribution in [0.15, 0.2) is 42.5 Å². The molecule has 0 heterocycles. The van der Waals surface area contributed by atoms with E-state index in [4.69, 9.17) is 10.5 Å². The highest BCUT2D eigenvalue weighted by molar-refractivity contribution is 5.87. The number of primary amides is 1. The van der Waals surface area contributed by atoms with E-state index in [2.05, 4.69) is 5.32 Å². The standard InChI is InChI=1S/C18H18F2N2O3/c1-25-13-4-2-3-11(7-13)9-16(18(21)24)22-17(23)10-12-5-6-14(19)15(20)8-12/h2-8,16H,9-10H2,1H3,(H2,21,24)(H,22,23)/t16-/m0/s1. The second-order valence-corrected chi connectivity index (χ2v) is 5.50. The van der Waals surface area contributed by atoms with Crippen LogP contribution in [0.5, 0.6) is 5.75 Å². The Morgan fingerprint density at radius 3 is 2.52 bits per heavy atom. The van der Waals surface area contributed by atoms with Crippen LogP contribution in [-0.2, 0) is 22.4 Å². The molecule has 0 aliphatic carbocycles. The molecule has 1 atom stereocenters. The maximum absolute atomic E-state index is 13.2. The van der Waals surface area contributed by atoms with E-state index in [-0.39, 0.29) is 12.8 Å². The van der Waals surface area contributed by atoms with E-state index in [0.29, 0.717) is 11.3 Å². The fourth-order valence-corrected chi connectivity index (χ4v) is 2.34. The number of benzene rings is 2. The fourth-order valence-electron chi connectivity index (χ4n) is 2.34. The molecule has 0 bridgehead atoms. The molecule has 25 heavy (non-hydrogen) atoms. The van der Waals surface area contributed by atoms with Gasteiger partial charge in [0.1, 0.15) is 11.8 Å². The Bertz CT molecular complexity index is 781. The van der Waals surface area contributed by atoms with Crippen molar-refractivity contribution in [2.45, 2.75) is 18.9 Å². The van der Waals surface area contributed by atoms with Crippen LogP contribution in [0.3, 0.4) is 0 Å². The summed E-state index contributed by atoms with van der Waals surface area (Å²) in [4.78, 5) is 23.7. The Morgan fingerprint density at radius 1 is 1.12 bits per heavy atom. The van der Waals surface area contributed by atoms with Crippen molar-refractivity contribution in [2.75, 3.05) is 7.11 Å². The molecule has 0 saturated heterocycles. The van der Waals surface area contributed by atoms with Crippen molar-refractivity contribution in [3.8, 4) is 5.75 Å². The fraction of sp³-hybridized carbons (Fsp3) is 0.222. The zero-order valence-electron chi connectivity index (χ0n) is 13.6. The molecule has 0 saturated carbocycles. The molecule has 0 spiro atoms. The minimum absolute atomic E-state index is 0.191. The first-order valence-electron chi connectivity index (χ1n) is 7.54. The molecular formula is C18H18F2N2O3. The van der Waals surface area contributed by atoms with Crippen LogP contribution in [0.25, 0.3) is 0 Å². The van der Waals surface area contributed by atoms with E-state index < -0.39 is 29.5 Å². The van der Waals surface area contributed by atoms with Gasteiger partial charge in [0.25, 0.3) is 0 Å². The quantitative estimate of drug-likeness (QED) is 0.800. The van der Waals surface area contributed by atoms with E-state index in [1.165, 1.54) is 13.2 Å². The van der Waals surface area contributed by atoms with Crippen molar-refractivity contribution in [1.29, 1.82) is 0 Å². The molecule has 2 amide bonds. The number of hydrogen-bond acceptors (Lipinski definition) is 3. The van der Waals surface area contributed by atoms with Gasteiger partial charge in [0.15, 0.2) is 11.6 Å². The third-order valence-corrected chi connectivity index (χ3v) is 3.60. The van der Waals surface area contributed by atoms with Crippen molar-refractivity contribution in [1.82, 2.24) is 5.32 Å². The van der Waals surface area contributed by atoms with Gasteiger partial charge in [-0.05, 0) is 35.4 Å². The van der Waals surface area contributed by atoms with E-state index in [9.17, 15) is 18.4 Å². The number of hydrogen-bond donors (Lipinski definition) is 2. The van der Waals surface area contributed by atoms with Gasteiger partial charge in [-0.1, -0.05) is 18.2 Å². The maximum atomic E-state index is 13.2. The van der Waals surface area contributed by atoms with Crippen LogP contribution >= 0.6 is 0 Å². The molecular weight excluding hydrogens is 330 g/mol. The van der Waals surface area contributed by atoms with Gasteiger partial charge in [0.05, 0.1) is 13.5 Å². The Balaban J connectivity index is 2.03. The van der Waals surface area contributed by atoms with Crippen LogP contribution in [0.1, 0.15) is 11.1 Å². The van der Waals surface area contributed by atoms with E-state index >= 15 is 0 Å². The van der Waals surface area contributed by atoms with Crippen molar-refractivity contribution in [3.63, 3.8) is 0 Å². The first-order chi connectivity index (χ1) is 11.9. The van der Waals surface area contributed by atoms with Crippen molar-refractivity contribution < 1.29 is 23.1 Å². The van der Waals surface area contributed by atoms with Crippen LogP contribution in [0, 0.1) is 11.6 Å². The molecule has 0 aliphatic rings. The summed E-state index contributed by atoms with van der Waals surface area (Å²) < 4.78 is 31.2. The van der Waals surface area contributed by atoms with Gasteiger partial charge in [-0.25, -0.2) is 8.78 Å². The van der Waals surface area contributed by atoms with Crippen LogP contribution in [0.4, 0.5) is 8.78 Å². The lowest BCUT2D eigenvalue weighted by Gasteiger charge is -2.16. The number of nitrogens with one attached hydrogen (secondary N) is 1. The van der Waals surface area contributed by atoms with E-state index in [1.54, 1.807) is 24.3 Å². The summed E-state index contributed by atoms with van der Waals surface area (Å²) >= 11 is 0. The monoisotopic (exact) mass is 348 g/mol. The lowest BCUT2D eigenvalue weighted by atomic mass is 10.0. The van der Waals surface area contributed by atoms with Crippen molar-refractivity contribution in [3.05, 3.63) is 65.2 Å². The predicted octanol–water partition coefficient (Wildman–Crippen LogP) is 1.73. The number of carbonyl (C=O) groups excluding carboxylic acids is 2. The summed E-state index contributed by atoms with van der Waals surface area (Å²) in [5.41, 5.74) is 6.40. The number of carbonyl (C=O) groups is 2. The Hall–Kier alpha value is -2.96. The first-order valence-corrected chi connectivity index (χ1v) is 7.54. The van der Waals surface area contributed by atoms with Crippen LogP contribution in [0.2, 0.25) is 0 Å². The molecule has 2 aromatic rings. The number of amides is 2. The third kappa shape index (κ3) is 5.27. The van der Waals surface area contributed by atoms with Gasteiger partial charge in [-0.15, -0.1) is 0 Å². The molecule has 2 aromatic carbocycles. The summed E-state index contributed by atoms with van der Waals surface area (Å²) in [5.74, 6) is -2.61. The van der Waals surface area contributed by atoms with Crippen molar-refractivity contribution in [2.24, 2.45) is 5.73 Å². The summed E-state index contributed by atoms with van der Waals surface area (Å²) in [6.45, 7) is 0. The van der Waals surface area contributed by atoms with Gasteiger partial charge >= 0.3 is 0 Å². The average molecular weight is 348 g/mol. The molecule has 7 heteroatoms. The highest BCUT2D eigenvalue weighted by Gasteiger charge is 2.19. The number of ether oxygens (including phenoxy) is 1. The molecule has 2 rings (SSSR count). The normalized spacial score (nSPS) is 11.6.